The van der Waals surface area contributed by atoms with E-state index in [0.717, 1.165) is 0 Å². The van der Waals surface area contributed by atoms with Crippen molar-refractivity contribution >= 4 is 0 Å². The van der Waals surface area contributed by atoms with Gasteiger partial charge < -0.3 is 19.3 Å². The third-order valence-corrected chi connectivity index (χ3v) is 3.05. The van der Waals surface area contributed by atoms with Crippen molar-refractivity contribution in [1.29, 1.82) is 0 Å². The molecule has 0 saturated carbocycles. The molecule has 2 aromatic rings. The highest BCUT2D eigenvalue weighted by molar-refractivity contribution is 5.39. The van der Waals surface area contributed by atoms with Crippen molar-refractivity contribution in [3.63, 3.8) is 0 Å². The van der Waals surface area contributed by atoms with Gasteiger partial charge in [0.25, 0.3) is 0 Å². The van der Waals surface area contributed by atoms with E-state index in [2.05, 4.69) is 0 Å². The van der Waals surface area contributed by atoms with Crippen molar-refractivity contribution in [2.75, 3.05) is 20.8 Å². The van der Waals surface area contributed by atoms with Gasteiger partial charge in [0, 0.05) is 12.7 Å². The third kappa shape index (κ3) is 3.10. The fourth-order valence-electron chi connectivity index (χ4n) is 1.87. The molecule has 0 heterocycles. The molecule has 2 rings (SSSR count). The zero-order chi connectivity index (χ0) is 14.4. The molecule has 106 valence electrons. The van der Waals surface area contributed by atoms with Crippen LogP contribution in [0.5, 0.6) is 11.5 Å². The van der Waals surface area contributed by atoms with E-state index in [1.165, 1.54) is 7.11 Å². The number of ether oxygens (including phenoxy) is 3. The SMILES string of the molecule is COc1ccccc1OCC(O)(OC)c1ccccc1. The average molecular weight is 274 g/mol. The summed E-state index contributed by atoms with van der Waals surface area (Å²) in [7, 11) is 3.01. The molecule has 0 radical (unpaired) electrons. The maximum Gasteiger partial charge on any atom is 0.227 e. The Hall–Kier alpha value is -2.04. The zero-order valence-electron chi connectivity index (χ0n) is 11.6. The summed E-state index contributed by atoms with van der Waals surface area (Å²) < 4.78 is 16.0. The first-order valence-electron chi connectivity index (χ1n) is 6.28. The van der Waals surface area contributed by atoms with Crippen molar-refractivity contribution in [2.45, 2.75) is 5.79 Å². The number of hydrogen-bond donors (Lipinski definition) is 1. The monoisotopic (exact) mass is 274 g/mol. The quantitative estimate of drug-likeness (QED) is 0.822. The predicted molar refractivity (Wildman–Crippen MR) is 75.8 cm³/mol. The number of hydrogen-bond acceptors (Lipinski definition) is 4. The summed E-state index contributed by atoms with van der Waals surface area (Å²) >= 11 is 0. The lowest BCUT2D eigenvalue weighted by Crippen LogP contribution is -2.35. The van der Waals surface area contributed by atoms with E-state index in [-0.39, 0.29) is 6.61 Å². The Morgan fingerprint density at radius 1 is 0.900 bits per heavy atom. The number of aliphatic hydroxyl groups is 1. The van der Waals surface area contributed by atoms with Gasteiger partial charge in [-0.05, 0) is 12.1 Å². The summed E-state index contributed by atoms with van der Waals surface area (Å²) in [5, 5.41) is 10.5. The first kappa shape index (κ1) is 14.4. The summed E-state index contributed by atoms with van der Waals surface area (Å²) in [6.07, 6.45) is 0. The van der Waals surface area contributed by atoms with Crippen LogP contribution in [-0.2, 0) is 10.5 Å². The molecule has 2 aromatic carbocycles. The Balaban J connectivity index is 2.15. The maximum atomic E-state index is 10.5. The van der Waals surface area contributed by atoms with E-state index in [1.54, 1.807) is 31.4 Å². The molecule has 1 unspecified atom stereocenters. The van der Waals surface area contributed by atoms with E-state index in [4.69, 9.17) is 14.2 Å². The van der Waals surface area contributed by atoms with Gasteiger partial charge in [-0.1, -0.05) is 42.5 Å². The van der Waals surface area contributed by atoms with Gasteiger partial charge in [-0.25, -0.2) is 0 Å². The van der Waals surface area contributed by atoms with Crippen LogP contribution in [0, 0.1) is 0 Å². The van der Waals surface area contributed by atoms with Crippen LogP contribution in [-0.4, -0.2) is 25.9 Å². The minimum atomic E-state index is -1.50. The minimum absolute atomic E-state index is 0.0338. The molecule has 0 aromatic heterocycles. The van der Waals surface area contributed by atoms with Crippen molar-refractivity contribution in [1.82, 2.24) is 0 Å². The highest BCUT2D eigenvalue weighted by Crippen LogP contribution is 2.29. The van der Waals surface area contributed by atoms with Crippen molar-refractivity contribution in [3.8, 4) is 11.5 Å². The Morgan fingerprint density at radius 3 is 2.10 bits per heavy atom. The zero-order valence-corrected chi connectivity index (χ0v) is 11.6. The molecule has 0 aliphatic heterocycles. The number of benzene rings is 2. The summed E-state index contributed by atoms with van der Waals surface area (Å²) in [5.41, 5.74) is 0.636. The van der Waals surface area contributed by atoms with Crippen LogP contribution in [0.2, 0.25) is 0 Å². The number of methoxy groups -OCH3 is 2. The molecule has 4 nitrogen and oxygen atoms in total. The molecule has 4 heteroatoms. The topological polar surface area (TPSA) is 47.9 Å². The summed E-state index contributed by atoms with van der Waals surface area (Å²) in [6, 6.07) is 16.4. The fourth-order valence-corrected chi connectivity index (χ4v) is 1.87. The van der Waals surface area contributed by atoms with Crippen LogP contribution in [0.1, 0.15) is 5.56 Å². The second-order valence-corrected chi connectivity index (χ2v) is 4.29. The molecule has 20 heavy (non-hydrogen) atoms. The molecule has 0 fully saturated rings. The molecule has 0 aliphatic carbocycles. The number of para-hydroxylation sites is 2. The smallest absolute Gasteiger partial charge is 0.227 e. The highest BCUT2D eigenvalue weighted by Gasteiger charge is 2.30. The summed E-state index contributed by atoms with van der Waals surface area (Å²) in [5.74, 6) is -0.331. The van der Waals surface area contributed by atoms with E-state index in [1.807, 2.05) is 30.3 Å². The van der Waals surface area contributed by atoms with Gasteiger partial charge in [-0.3, -0.25) is 0 Å². The van der Waals surface area contributed by atoms with Gasteiger partial charge in [0.15, 0.2) is 11.5 Å². The Labute approximate surface area is 118 Å². The van der Waals surface area contributed by atoms with E-state index in [0.29, 0.717) is 17.1 Å². The Bertz CT molecular complexity index is 541. The van der Waals surface area contributed by atoms with Crippen LogP contribution >= 0.6 is 0 Å². The average Bonchev–Trinajstić information content (AvgIpc) is 2.53. The van der Waals surface area contributed by atoms with Crippen LogP contribution in [0.25, 0.3) is 0 Å². The van der Waals surface area contributed by atoms with Gasteiger partial charge in [-0.2, -0.15) is 0 Å². The van der Waals surface area contributed by atoms with Crippen LogP contribution in [0.4, 0.5) is 0 Å². The molecule has 0 spiro atoms. The van der Waals surface area contributed by atoms with Gasteiger partial charge in [0.1, 0.15) is 6.61 Å². The summed E-state index contributed by atoms with van der Waals surface area (Å²) in [6.45, 7) is -0.0338. The Kier molecular flexibility index (Phi) is 4.61. The molecule has 1 atom stereocenters. The fraction of sp³-hybridized carbons (Fsp3) is 0.250. The molecular formula is C16H18O4. The molecule has 0 amide bonds. The predicted octanol–water partition coefficient (Wildman–Crippen LogP) is 2.57. The van der Waals surface area contributed by atoms with E-state index < -0.39 is 5.79 Å². The van der Waals surface area contributed by atoms with Gasteiger partial charge in [-0.15, -0.1) is 0 Å². The largest absolute Gasteiger partial charge is 0.493 e. The number of rotatable bonds is 6. The maximum absolute atomic E-state index is 10.5. The van der Waals surface area contributed by atoms with E-state index >= 15 is 0 Å². The lowest BCUT2D eigenvalue weighted by atomic mass is 10.1. The van der Waals surface area contributed by atoms with Gasteiger partial charge in [0.05, 0.1) is 7.11 Å². The van der Waals surface area contributed by atoms with E-state index in [9.17, 15) is 5.11 Å². The molecule has 1 N–H and O–H groups in total. The molecular weight excluding hydrogens is 256 g/mol. The van der Waals surface area contributed by atoms with Gasteiger partial charge >= 0.3 is 0 Å². The second-order valence-electron chi connectivity index (χ2n) is 4.29. The lowest BCUT2D eigenvalue weighted by Gasteiger charge is -2.27. The second kappa shape index (κ2) is 6.41. The lowest BCUT2D eigenvalue weighted by molar-refractivity contribution is -0.212. The van der Waals surface area contributed by atoms with Crippen molar-refractivity contribution < 1.29 is 19.3 Å². The van der Waals surface area contributed by atoms with Crippen molar-refractivity contribution in [2.24, 2.45) is 0 Å². The summed E-state index contributed by atoms with van der Waals surface area (Å²) in [4.78, 5) is 0. The first-order valence-corrected chi connectivity index (χ1v) is 6.28. The standard InChI is InChI=1S/C16H18O4/c1-18-14-10-6-7-11-15(14)20-12-16(17,19-2)13-8-4-3-5-9-13/h3-11,17H,12H2,1-2H3. The Morgan fingerprint density at radius 2 is 1.50 bits per heavy atom. The minimum Gasteiger partial charge on any atom is -0.493 e. The van der Waals surface area contributed by atoms with Crippen LogP contribution in [0.3, 0.4) is 0 Å². The molecule has 0 bridgehead atoms. The van der Waals surface area contributed by atoms with Crippen LogP contribution in [0.15, 0.2) is 54.6 Å². The first-order chi connectivity index (χ1) is 9.69. The van der Waals surface area contributed by atoms with Crippen molar-refractivity contribution in [3.05, 3.63) is 60.2 Å². The van der Waals surface area contributed by atoms with Crippen LogP contribution < -0.4 is 9.47 Å². The van der Waals surface area contributed by atoms with Gasteiger partial charge in [0.2, 0.25) is 5.79 Å². The third-order valence-electron chi connectivity index (χ3n) is 3.05. The highest BCUT2D eigenvalue weighted by atomic mass is 16.6. The normalized spacial score (nSPS) is 13.6. The molecule has 0 aliphatic rings. The molecule has 0 saturated heterocycles.